The second-order valence-electron chi connectivity index (χ2n) is 0.965. The minimum atomic E-state index is 0.295. The Morgan fingerprint density at radius 3 is 3.00 bits per heavy atom. The molecule has 0 spiro atoms. The summed E-state index contributed by atoms with van der Waals surface area (Å²) in [6, 6.07) is 0. The first-order valence-corrected chi connectivity index (χ1v) is 2.10. The monoisotopic (exact) mass is 116 g/mol. The molecule has 0 aromatic carbocycles. The molecule has 1 radical (unpaired) electrons. The number of rotatable bonds is 4. The molecule has 0 aliphatic rings. The minimum absolute atomic E-state index is 0.295. The van der Waals surface area contributed by atoms with E-state index >= 15 is 0 Å². The summed E-state index contributed by atoms with van der Waals surface area (Å²) in [5.74, 6) is 0. The third kappa shape index (κ3) is 5.14. The van der Waals surface area contributed by atoms with Gasteiger partial charge in [0, 0.05) is 0 Å². The van der Waals surface area contributed by atoms with Crippen molar-refractivity contribution in [2.24, 2.45) is 5.16 Å². The van der Waals surface area contributed by atoms with E-state index in [4.69, 9.17) is 0 Å². The third-order valence-electron chi connectivity index (χ3n) is 0.384. The van der Waals surface area contributed by atoms with Crippen LogP contribution in [0.1, 0.15) is 0 Å². The molecule has 45 valence electrons. The van der Waals surface area contributed by atoms with Crippen LogP contribution < -0.4 is 0 Å². The Balaban J connectivity index is 2.90. The van der Waals surface area contributed by atoms with Crippen molar-refractivity contribution in [3.05, 3.63) is 19.3 Å². The van der Waals surface area contributed by atoms with Crippen LogP contribution in [-0.4, -0.2) is 12.8 Å². The molecule has 0 bridgehead atoms. The quantitative estimate of drug-likeness (QED) is 0.235. The van der Waals surface area contributed by atoms with Crippen LogP contribution in [-0.2, 0) is 4.84 Å². The highest BCUT2D eigenvalue weighted by atomic mass is 19.1. The number of hydrogen-bond acceptors (Lipinski definition) is 2. The molecule has 0 heterocycles. The van der Waals surface area contributed by atoms with Gasteiger partial charge in [-0.3, -0.25) is 0 Å². The third-order valence-corrected chi connectivity index (χ3v) is 0.384. The molecular formula is C5H7FNO. The number of oxime groups is 1. The molecule has 0 aromatic rings. The van der Waals surface area contributed by atoms with E-state index in [0.29, 0.717) is 13.3 Å². The van der Waals surface area contributed by atoms with E-state index in [1.807, 2.05) is 0 Å². The summed E-state index contributed by atoms with van der Waals surface area (Å²) in [4.78, 5) is 4.40. The van der Waals surface area contributed by atoms with Crippen molar-refractivity contribution in [1.82, 2.24) is 0 Å². The van der Waals surface area contributed by atoms with Gasteiger partial charge in [0.2, 0.25) is 0 Å². The second-order valence-corrected chi connectivity index (χ2v) is 0.965. The van der Waals surface area contributed by atoms with Gasteiger partial charge in [0.25, 0.3) is 0 Å². The van der Waals surface area contributed by atoms with Crippen LogP contribution in [0.3, 0.4) is 0 Å². The van der Waals surface area contributed by atoms with Gasteiger partial charge < -0.3 is 4.84 Å². The zero-order chi connectivity index (χ0) is 6.24. The van der Waals surface area contributed by atoms with Crippen molar-refractivity contribution in [3.8, 4) is 0 Å². The van der Waals surface area contributed by atoms with Crippen molar-refractivity contribution >= 4 is 6.21 Å². The van der Waals surface area contributed by atoms with Gasteiger partial charge in [-0.2, -0.15) is 0 Å². The van der Waals surface area contributed by atoms with E-state index in [2.05, 4.69) is 16.6 Å². The van der Waals surface area contributed by atoms with Gasteiger partial charge in [0.15, 0.2) is 6.67 Å². The summed E-state index contributed by atoms with van der Waals surface area (Å²) in [6.07, 6.45) is 2.44. The first-order chi connectivity index (χ1) is 3.91. The SMILES string of the molecule is C=CCON=C[CH]F. The average Bonchev–Trinajstić information content (AvgIpc) is 1.81. The van der Waals surface area contributed by atoms with Crippen LogP contribution in [0.25, 0.3) is 0 Å². The molecule has 0 aromatic heterocycles. The molecule has 0 unspecified atom stereocenters. The first kappa shape index (κ1) is 7.14. The van der Waals surface area contributed by atoms with E-state index in [0.717, 1.165) is 6.21 Å². The molecule has 0 atom stereocenters. The zero-order valence-electron chi connectivity index (χ0n) is 4.38. The molecule has 0 rings (SSSR count). The fourth-order valence-electron chi connectivity index (χ4n) is 0.162. The van der Waals surface area contributed by atoms with E-state index in [-0.39, 0.29) is 0 Å². The molecule has 0 aliphatic heterocycles. The summed E-state index contributed by atoms with van der Waals surface area (Å²) in [7, 11) is 0. The topological polar surface area (TPSA) is 21.6 Å². The molecule has 0 fully saturated rings. The Bertz CT molecular complexity index is 82.5. The van der Waals surface area contributed by atoms with Gasteiger partial charge >= 0.3 is 0 Å². The van der Waals surface area contributed by atoms with Crippen LogP contribution >= 0.6 is 0 Å². The zero-order valence-corrected chi connectivity index (χ0v) is 4.38. The summed E-state index contributed by atoms with van der Waals surface area (Å²) in [5, 5.41) is 3.15. The van der Waals surface area contributed by atoms with E-state index in [1.54, 1.807) is 0 Å². The van der Waals surface area contributed by atoms with Gasteiger partial charge in [-0.15, -0.1) is 0 Å². The normalized spacial score (nSPS) is 9.62. The largest absolute Gasteiger partial charge is 0.392 e. The van der Waals surface area contributed by atoms with Crippen LogP contribution in [0.5, 0.6) is 0 Å². The van der Waals surface area contributed by atoms with Crippen molar-refractivity contribution in [1.29, 1.82) is 0 Å². The van der Waals surface area contributed by atoms with Crippen LogP contribution in [0.2, 0.25) is 0 Å². The smallest absolute Gasteiger partial charge is 0.175 e. The fourth-order valence-corrected chi connectivity index (χ4v) is 0.162. The fraction of sp³-hybridized carbons (Fsp3) is 0.200. The lowest BCUT2D eigenvalue weighted by atomic mass is 10.7. The number of nitrogens with zero attached hydrogens (tertiary/aromatic N) is 1. The van der Waals surface area contributed by atoms with Crippen molar-refractivity contribution in [2.45, 2.75) is 0 Å². The average molecular weight is 116 g/mol. The lowest BCUT2D eigenvalue weighted by Gasteiger charge is -1.86. The second kappa shape index (κ2) is 6.14. The van der Waals surface area contributed by atoms with Gasteiger partial charge in [0.1, 0.15) is 6.61 Å². The standard InChI is InChI=1S/C5H7FNO/c1-2-5-8-7-4-3-6/h2-4H,1,5H2. The van der Waals surface area contributed by atoms with Gasteiger partial charge in [-0.05, 0) is 0 Å². The molecule has 8 heavy (non-hydrogen) atoms. The number of hydrogen-bond donors (Lipinski definition) is 0. The summed E-state index contributed by atoms with van der Waals surface area (Å²) in [5.41, 5.74) is 0. The van der Waals surface area contributed by atoms with Gasteiger partial charge in [-0.1, -0.05) is 17.8 Å². The predicted octanol–water partition coefficient (Wildman–Crippen LogP) is 1.31. The predicted molar refractivity (Wildman–Crippen MR) is 30.0 cm³/mol. The molecule has 0 amide bonds. The van der Waals surface area contributed by atoms with Crippen molar-refractivity contribution in [3.63, 3.8) is 0 Å². The lowest BCUT2D eigenvalue weighted by molar-refractivity contribution is 0.176. The van der Waals surface area contributed by atoms with Crippen LogP contribution in [0.4, 0.5) is 4.39 Å². The van der Waals surface area contributed by atoms with E-state index in [9.17, 15) is 4.39 Å². The van der Waals surface area contributed by atoms with E-state index < -0.39 is 0 Å². The summed E-state index contributed by atoms with van der Waals surface area (Å²) < 4.78 is 11.0. The Hall–Kier alpha value is -0.860. The lowest BCUT2D eigenvalue weighted by Crippen LogP contribution is -1.80. The summed E-state index contributed by atoms with van der Waals surface area (Å²) >= 11 is 0. The number of halogens is 1. The first-order valence-electron chi connectivity index (χ1n) is 2.10. The van der Waals surface area contributed by atoms with Crippen molar-refractivity contribution < 1.29 is 9.23 Å². The van der Waals surface area contributed by atoms with Gasteiger partial charge in [-0.25, -0.2) is 4.39 Å². The Kier molecular flexibility index (Phi) is 5.48. The molecular weight excluding hydrogens is 109 g/mol. The molecule has 0 aliphatic carbocycles. The summed E-state index contributed by atoms with van der Waals surface area (Å²) in [6.45, 7) is 3.96. The van der Waals surface area contributed by atoms with Crippen molar-refractivity contribution in [2.75, 3.05) is 6.61 Å². The Labute approximate surface area is 47.6 Å². The van der Waals surface area contributed by atoms with Gasteiger partial charge in [0.05, 0.1) is 6.21 Å². The van der Waals surface area contributed by atoms with E-state index in [1.165, 1.54) is 6.08 Å². The highest BCUT2D eigenvalue weighted by Gasteiger charge is 1.71. The molecule has 3 heteroatoms. The van der Waals surface area contributed by atoms with Crippen LogP contribution in [0.15, 0.2) is 17.8 Å². The molecule has 0 N–H and O–H groups in total. The maximum atomic E-state index is 11.0. The maximum absolute atomic E-state index is 11.0. The highest BCUT2D eigenvalue weighted by Crippen LogP contribution is 1.75. The minimum Gasteiger partial charge on any atom is -0.392 e. The Morgan fingerprint density at radius 1 is 1.75 bits per heavy atom. The molecule has 2 nitrogen and oxygen atoms in total. The molecule has 0 saturated carbocycles. The van der Waals surface area contributed by atoms with Crippen LogP contribution in [0, 0.1) is 6.67 Å². The maximum Gasteiger partial charge on any atom is 0.175 e. The Morgan fingerprint density at radius 2 is 2.50 bits per heavy atom. The highest BCUT2D eigenvalue weighted by molar-refractivity contribution is 5.64. The molecule has 0 saturated heterocycles.